The third kappa shape index (κ3) is 3.23. The maximum atomic E-state index is 13.1. The predicted octanol–water partition coefficient (Wildman–Crippen LogP) is 1.19. The monoisotopic (exact) mass is 287 g/mol. The van der Waals surface area contributed by atoms with Crippen LogP contribution in [0.1, 0.15) is 22.1 Å². The van der Waals surface area contributed by atoms with E-state index in [0.29, 0.717) is 5.69 Å². The van der Waals surface area contributed by atoms with E-state index in [2.05, 4.69) is 27.2 Å². The van der Waals surface area contributed by atoms with Crippen LogP contribution in [0.15, 0.2) is 48.5 Å². The molecule has 108 valence electrons. The van der Waals surface area contributed by atoms with Crippen LogP contribution >= 0.6 is 0 Å². The number of hydrogen-bond donors (Lipinski definition) is 5. The first-order valence-corrected chi connectivity index (χ1v) is 6.40. The topological polar surface area (TPSA) is 77.2 Å². The highest BCUT2D eigenvalue weighted by atomic mass is 19.1. The predicted molar refractivity (Wildman–Crippen MR) is 76.1 cm³/mol. The van der Waals surface area contributed by atoms with Crippen LogP contribution in [-0.4, -0.2) is 5.91 Å². The molecule has 21 heavy (non-hydrogen) atoms. The number of carbonyl (C=O) groups excluding carboxylic acids is 1. The van der Waals surface area contributed by atoms with E-state index < -0.39 is 5.82 Å². The number of benzene rings is 2. The molecule has 2 aromatic carbocycles. The summed E-state index contributed by atoms with van der Waals surface area (Å²) in [6.45, 7) is 0. The normalized spacial score (nSPS) is 15.1. The molecule has 0 spiro atoms. The highest BCUT2D eigenvalue weighted by molar-refractivity contribution is 6.04. The Morgan fingerprint density at radius 1 is 1.05 bits per heavy atom. The Morgan fingerprint density at radius 2 is 1.81 bits per heavy atom. The Balaban J connectivity index is 1.75. The number of nitrogens with one attached hydrogen (secondary N) is 5. The molecule has 7 heteroatoms. The second-order valence-corrected chi connectivity index (χ2v) is 4.56. The van der Waals surface area contributed by atoms with Gasteiger partial charge in [0.1, 0.15) is 12.0 Å². The van der Waals surface area contributed by atoms with Gasteiger partial charge in [0.25, 0.3) is 5.91 Å². The molecular weight excluding hydrogens is 273 g/mol. The van der Waals surface area contributed by atoms with Gasteiger partial charge in [-0.3, -0.25) is 4.79 Å². The Kier molecular flexibility index (Phi) is 3.89. The minimum atomic E-state index is -0.437. The maximum absolute atomic E-state index is 13.1. The van der Waals surface area contributed by atoms with Gasteiger partial charge in [0.15, 0.2) is 0 Å². The van der Waals surface area contributed by atoms with Gasteiger partial charge >= 0.3 is 0 Å². The summed E-state index contributed by atoms with van der Waals surface area (Å²) in [5, 5.41) is 2.75. The molecule has 1 heterocycles. The molecule has 0 saturated carbocycles. The van der Waals surface area contributed by atoms with E-state index in [4.69, 9.17) is 0 Å². The van der Waals surface area contributed by atoms with Crippen molar-refractivity contribution in [3.05, 3.63) is 65.5 Å². The lowest BCUT2D eigenvalue weighted by atomic mass is 10.1. The zero-order valence-electron chi connectivity index (χ0n) is 11.0. The molecule has 0 aromatic heterocycles. The van der Waals surface area contributed by atoms with Crippen LogP contribution in [0.25, 0.3) is 0 Å². The van der Waals surface area contributed by atoms with Crippen molar-refractivity contribution in [3.63, 3.8) is 0 Å². The molecule has 1 aliphatic heterocycles. The van der Waals surface area contributed by atoms with Gasteiger partial charge in [-0.25, -0.2) is 15.2 Å². The van der Waals surface area contributed by atoms with E-state index in [1.54, 1.807) is 12.1 Å². The Labute approximate surface area is 120 Å². The molecule has 0 unspecified atom stereocenters. The number of rotatable bonds is 3. The van der Waals surface area contributed by atoms with Gasteiger partial charge in [-0.1, -0.05) is 18.2 Å². The first-order chi connectivity index (χ1) is 10.2. The summed E-state index contributed by atoms with van der Waals surface area (Å²) < 4.78 is 13.1. The highest BCUT2D eigenvalue weighted by Gasteiger charge is 2.15. The molecule has 5 N–H and O–H groups in total. The number of hydrogen-bond acceptors (Lipinski definition) is 5. The summed E-state index contributed by atoms with van der Waals surface area (Å²) in [6, 6.07) is 12.9. The maximum Gasteiger partial charge on any atom is 0.255 e. The zero-order valence-corrected chi connectivity index (χ0v) is 11.0. The van der Waals surface area contributed by atoms with Crippen molar-refractivity contribution in [3.8, 4) is 0 Å². The van der Waals surface area contributed by atoms with Crippen LogP contribution in [0.5, 0.6) is 0 Å². The summed E-state index contributed by atoms with van der Waals surface area (Å²) in [7, 11) is 0. The van der Waals surface area contributed by atoms with Crippen molar-refractivity contribution in [2.24, 2.45) is 0 Å². The Bertz CT molecular complexity index is 657. The molecule has 3 rings (SSSR count). The van der Waals surface area contributed by atoms with Gasteiger partial charge in [-0.2, -0.15) is 11.1 Å². The lowest BCUT2D eigenvalue weighted by molar-refractivity contribution is 0.102. The summed E-state index contributed by atoms with van der Waals surface area (Å²) >= 11 is 0. The second kappa shape index (κ2) is 5.98. The van der Waals surface area contributed by atoms with E-state index >= 15 is 0 Å². The smallest absolute Gasteiger partial charge is 0.255 e. The summed E-state index contributed by atoms with van der Waals surface area (Å²) in [4.78, 5) is 12.1. The lowest BCUT2D eigenvalue weighted by Crippen LogP contribution is -2.33. The van der Waals surface area contributed by atoms with E-state index in [1.807, 2.05) is 18.2 Å². The largest absolute Gasteiger partial charge is 0.322 e. The van der Waals surface area contributed by atoms with Crippen LogP contribution in [0, 0.1) is 5.82 Å². The van der Waals surface area contributed by atoms with Gasteiger partial charge in [0.2, 0.25) is 0 Å². The average Bonchev–Trinajstić information content (AvgIpc) is 3.02. The lowest BCUT2D eigenvalue weighted by Gasteiger charge is -2.11. The number of amides is 1. The van der Waals surface area contributed by atoms with Crippen molar-refractivity contribution in [2.75, 3.05) is 5.32 Å². The Morgan fingerprint density at radius 3 is 2.57 bits per heavy atom. The first-order valence-electron chi connectivity index (χ1n) is 6.40. The van der Waals surface area contributed by atoms with Gasteiger partial charge in [-0.05, 0) is 35.9 Å². The fourth-order valence-electron chi connectivity index (χ4n) is 2.05. The van der Waals surface area contributed by atoms with Crippen molar-refractivity contribution in [1.29, 1.82) is 0 Å². The van der Waals surface area contributed by atoms with Crippen LogP contribution in [0.4, 0.5) is 10.1 Å². The molecule has 1 saturated heterocycles. The van der Waals surface area contributed by atoms with Crippen LogP contribution in [0.3, 0.4) is 0 Å². The van der Waals surface area contributed by atoms with E-state index in [9.17, 15) is 9.18 Å². The Hall–Kier alpha value is -2.32. The molecule has 1 aliphatic rings. The van der Waals surface area contributed by atoms with E-state index in [1.165, 1.54) is 18.2 Å². The average molecular weight is 287 g/mol. The van der Waals surface area contributed by atoms with Crippen molar-refractivity contribution in [1.82, 2.24) is 21.9 Å². The molecule has 0 atom stereocenters. The fourth-order valence-corrected chi connectivity index (χ4v) is 2.05. The molecular formula is C14H14FN5O. The molecule has 1 amide bonds. The molecule has 2 aromatic rings. The van der Waals surface area contributed by atoms with Crippen molar-refractivity contribution in [2.45, 2.75) is 6.17 Å². The third-order valence-electron chi connectivity index (χ3n) is 3.06. The van der Waals surface area contributed by atoms with Gasteiger partial charge in [-0.15, -0.1) is 0 Å². The molecule has 6 nitrogen and oxygen atoms in total. The molecule has 0 aliphatic carbocycles. The first kappa shape index (κ1) is 13.7. The molecule has 0 bridgehead atoms. The number of anilines is 1. The number of halogens is 1. The standard InChI is InChI=1S/C14H14FN5O/c15-11-5-1-4-10(7-11)14(21)16-12-6-2-3-9(8-12)13-17-19-20-18-13/h1-8,13,17-20H,(H,16,21). The SMILES string of the molecule is O=C(Nc1cccc(C2NNNN2)c1)c1cccc(F)c1. The summed E-state index contributed by atoms with van der Waals surface area (Å²) in [5.74, 6) is -0.789. The molecule has 1 fully saturated rings. The van der Waals surface area contributed by atoms with Gasteiger partial charge < -0.3 is 5.32 Å². The van der Waals surface area contributed by atoms with Crippen LogP contribution in [0.2, 0.25) is 0 Å². The summed E-state index contributed by atoms with van der Waals surface area (Å²) in [6.07, 6.45) is -0.115. The fraction of sp³-hybridized carbons (Fsp3) is 0.0714. The second-order valence-electron chi connectivity index (χ2n) is 4.56. The minimum Gasteiger partial charge on any atom is -0.322 e. The van der Waals surface area contributed by atoms with Gasteiger partial charge in [0, 0.05) is 11.3 Å². The zero-order chi connectivity index (χ0) is 14.7. The van der Waals surface area contributed by atoms with Crippen LogP contribution in [-0.2, 0) is 0 Å². The van der Waals surface area contributed by atoms with Crippen LogP contribution < -0.4 is 27.2 Å². The molecule has 0 radical (unpaired) electrons. The van der Waals surface area contributed by atoms with Gasteiger partial charge in [0.05, 0.1) is 0 Å². The number of hydrazine groups is 3. The highest BCUT2D eigenvalue weighted by Crippen LogP contribution is 2.17. The summed E-state index contributed by atoms with van der Waals surface area (Å²) in [5.41, 5.74) is 13.2. The quantitative estimate of drug-likeness (QED) is 0.586. The van der Waals surface area contributed by atoms with E-state index in [0.717, 1.165) is 5.56 Å². The van der Waals surface area contributed by atoms with E-state index in [-0.39, 0.29) is 17.6 Å². The third-order valence-corrected chi connectivity index (χ3v) is 3.06. The number of carbonyl (C=O) groups is 1. The minimum absolute atomic E-state index is 0.115. The van der Waals surface area contributed by atoms with Crippen molar-refractivity contribution >= 4 is 11.6 Å². The van der Waals surface area contributed by atoms with Crippen molar-refractivity contribution < 1.29 is 9.18 Å².